The molecule has 0 heterocycles. The summed E-state index contributed by atoms with van der Waals surface area (Å²) in [4.78, 5) is 13.0. The Balaban J connectivity index is 1.82. The lowest BCUT2D eigenvalue weighted by molar-refractivity contribution is 0.103. The third-order valence-corrected chi connectivity index (χ3v) is 5.67. The van der Waals surface area contributed by atoms with E-state index in [1.54, 1.807) is 12.1 Å². The molecule has 0 fully saturated rings. The Labute approximate surface area is 185 Å². The summed E-state index contributed by atoms with van der Waals surface area (Å²) in [5.74, 6) is -0.0655. The molecule has 29 heavy (non-hydrogen) atoms. The van der Waals surface area contributed by atoms with E-state index in [1.807, 2.05) is 43.3 Å². The monoisotopic (exact) mass is 470 g/mol. The zero-order chi connectivity index (χ0) is 21.0. The first kappa shape index (κ1) is 21.4. The van der Waals surface area contributed by atoms with E-state index in [4.69, 9.17) is 17.3 Å². The largest absolute Gasteiger partial charge is 0.397 e. The quantitative estimate of drug-likeness (QED) is 0.280. The van der Waals surface area contributed by atoms with Crippen molar-refractivity contribution in [2.24, 2.45) is 0 Å². The van der Waals surface area contributed by atoms with Crippen molar-refractivity contribution in [1.29, 1.82) is 0 Å². The van der Waals surface area contributed by atoms with Crippen molar-refractivity contribution in [3.8, 4) is 0 Å². The average Bonchev–Trinajstić information content (AvgIpc) is 2.68. The van der Waals surface area contributed by atoms with Gasteiger partial charge in [0.2, 0.25) is 0 Å². The lowest BCUT2D eigenvalue weighted by atomic mass is 9.95. The number of carbonyl (C=O) groups is 1. The molecule has 0 unspecified atom stereocenters. The zero-order valence-electron chi connectivity index (χ0n) is 16.6. The predicted octanol–water partition coefficient (Wildman–Crippen LogP) is 7.31. The van der Waals surface area contributed by atoms with E-state index in [0.29, 0.717) is 21.8 Å². The van der Waals surface area contributed by atoms with Crippen LogP contribution in [-0.2, 0) is 6.42 Å². The number of carbonyl (C=O) groups excluding carboxylic acids is 1. The maximum atomic E-state index is 13.0. The molecule has 0 amide bonds. The van der Waals surface area contributed by atoms with Crippen LogP contribution < -0.4 is 11.1 Å². The molecule has 3 aromatic carbocycles. The predicted molar refractivity (Wildman–Crippen MR) is 127 cm³/mol. The van der Waals surface area contributed by atoms with Crippen LogP contribution in [0.5, 0.6) is 0 Å². The number of anilines is 3. The molecule has 3 rings (SSSR count). The van der Waals surface area contributed by atoms with Crippen molar-refractivity contribution in [1.82, 2.24) is 0 Å². The normalized spacial score (nSPS) is 10.8. The van der Waals surface area contributed by atoms with Crippen molar-refractivity contribution in [2.75, 3.05) is 11.1 Å². The molecule has 0 spiro atoms. The third kappa shape index (κ3) is 5.20. The van der Waals surface area contributed by atoms with E-state index < -0.39 is 0 Å². The summed E-state index contributed by atoms with van der Waals surface area (Å²) in [5, 5.41) is 3.65. The van der Waals surface area contributed by atoms with E-state index in [-0.39, 0.29) is 5.78 Å². The smallest absolute Gasteiger partial charge is 0.194 e. The van der Waals surface area contributed by atoms with Gasteiger partial charge in [-0.25, -0.2) is 0 Å². The third-order valence-electron chi connectivity index (χ3n) is 4.86. The van der Waals surface area contributed by atoms with Gasteiger partial charge in [0.15, 0.2) is 5.78 Å². The Morgan fingerprint density at radius 3 is 2.48 bits per heavy atom. The van der Waals surface area contributed by atoms with Gasteiger partial charge in [-0.2, -0.15) is 0 Å². The van der Waals surface area contributed by atoms with Gasteiger partial charge in [-0.3, -0.25) is 4.79 Å². The second-order valence-electron chi connectivity index (χ2n) is 7.13. The van der Waals surface area contributed by atoms with Crippen LogP contribution in [0.1, 0.15) is 46.8 Å². The Hall–Kier alpha value is -2.30. The summed E-state index contributed by atoms with van der Waals surface area (Å²) in [6, 6.07) is 17.0. The lowest BCUT2D eigenvalue weighted by Crippen LogP contribution is -2.06. The summed E-state index contributed by atoms with van der Waals surface area (Å²) in [5.41, 5.74) is 11.6. The molecule has 0 radical (unpaired) electrons. The van der Waals surface area contributed by atoms with Crippen molar-refractivity contribution in [3.63, 3.8) is 0 Å². The van der Waals surface area contributed by atoms with Gasteiger partial charge in [-0.15, -0.1) is 0 Å². The Kier molecular flexibility index (Phi) is 6.99. The second kappa shape index (κ2) is 9.47. The summed E-state index contributed by atoms with van der Waals surface area (Å²) in [7, 11) is 0. The van der Waals surface area contributed by atoms with Gasteiger partial charge in [0, 0.05) is 21.3 Å². The van der Waals surface area contributed by atoms with Crippen molar-refractivity contribution in [3.05, 3.63) is 86.3 Å². The summed E-state index contributed by atoms with van der Waals surface area (Å²) >= 11 is 9.85. The molecule has 0 bridgehead atoms. The van der Waals surface area contributed by atoms with E-state index in [9.17, 15) is 4.79 Å². The van der Waals surface area contributed by atoms with Crippen LogP contribution in [0, 0.1) is 6.92 Å². The molecule has 0 saturated carbocycles. The fourth-order valence-corrected chi connectivity index (χ4v) is 3.89. The highest BCUT2D eigenvalue weighted by atomic mass is 79.9. The number of aryl methyl sites for hydroxylation is 2. The fourth-order valence-electron chi connectivity index (χ4n) is 3.24. The van der Waals surface area contributed by atoms with Crippen molar-refractivity contribution < 1.29 is 4.79 Å². The Morgan fingerprint density at radius 2 is 1.83 bits per heavy atom. The highest BCUT2D eigenvalue weighted by Gasteiger charge is 2.16. The van der Waals surface area contributed by atoms with Gasteiger partial charge in [-0.05, 0) is 67.3 Å². The molecular formula is C24H24BrClN2O. The van der Waals surface area contributed by atoms with Crippen LogP contribution in [0.2, 0.25) is 5.02 Å². The maximum Gasteiger partial charge on any atom is 0.194 e. The fraction of sp³-hybridized carbons (Fsp3) is 0.208. The van der Waals surface area contributed by atoms with Crippen LogP contribution in [0.4, 0.5) is 17.1 Å². The summed E-state index contributed by atoms with van der Waals surface area (Å²) in [6.07, 6.45) is 3.34. The number of ketones is 1. The van der Waals surface area contributed by atoms with E-state index in [0.717, 1.165) is 40.7 Å². The highest BCUT2D eigenvalue weighted by molar-refractivity contribution is 9.10. The number of benzene rings is 3. The minimum Gasteiger partial charge on any atom is -0.397 e. The number of hydrogen-bond acceptors (Lipinski definition) is 3. The van der Waals surface area contributed by atoms with Gasteiger partial charge in [-0.1, -0.05) is 59.1 Å². The van der Waals surface area contributed by atoms with Crippen LogP contribution >= 0.6 is 27.5 Å². The standard InChI is InChI=1S/C24H24BrClN2O/c1-3-4-5-16-6-9-19(15(2)12-16)24(29)20-10-8-18(14-21(20)26)28-23-11-7-17(25)13-22(23)27/h6-14,28H,3-5,27H2,1-2H3. The molecule has 0 aromatic heterocycles. The SMILES string of the molecule is CCCCc1ccc(C(=O)c2ccc(Nc3ccc(Br)cc3N)cc2Cl)c(C)c1. The highest BCUT2D eigenvalue weighted by Crippen LogP contribution is 2.30. The summed E-state index contributed by atoms with van der Waals surface area (Å²) < 4.78 is 0.913. The lowest BCUT2D eigenvalue weighted by Gasteiger charge is -2.12. The van der Waals surface area contributed by atoms with Crippen molar-refractivity contribution >= 4 is 50.4 Å². The molecule has 5 heteroatoms. The minimum atomic E-state index is -0.0655. The average molecular weight is 472 g/mol. The van der Waals surface area contributed by atoms with Crippen LogP contribution in [0.25, 0.3) is 0 Å². The minimum absolute atomic E-state index is 0.0655. The van der Waals surface area contributed by atoms with E-state index in [2.05, 4.69) is 34.2 Å². The van der Waals surface area contributed by atoms with Gasteiger partial charge < -0.3 is 11.1 Å². The van der Waals surface area contributed by atoms with Gasteiger partial charge in [0.25, 0.3) is 0 Å². The molecule has 3 nitrogen and oxygen atoms in total. The molecule has 3 aromatic rings. The molecule has 0 aliphatic carbocycles. The Bertz CT molecular complexity index is 1050. The molecule has 3 N–H and O–H groups in total. The number of nitrogens with two attached hydrogens (primary N) is 1. The number of nitrogens with one attached hydrogen (secondary N) is 1. The Morgan fingerprint density at radius 1 is 1.07 bits per heavy atom. The first-order valence-corrected chi connectivity index (χ1v) is 10.8. The number of rotatable bonds is 7. The van der Waals surface area contributed by atoms with E-state index >= 15 is 0 Å². The molecule has 0 aliphatic heterocycles. The summed E-state index contributed by atoms with van der Waals surface area (Å²) in [6.45, 7) is 4.15. The first-order chi connectivity index (χ1) is 13.9. The van der Waals surface area contributed by atoms with Gasteiger partial charge >= 0.3 is 0 Å². The topological polar surface area (TPSA) is 55.1 Å². The number of unbranched alkanes of at least 4 members (excludes halogenated alkanes) is 1. The molecular weight excluding hydrogens is 448 g/mol. The van der Waals surface area contributed by atoms with Gasteiger partial charge in [0.1, 0.15) is 0 Å². The number of nitrogen functional groups attached to an aromatic ring is 1. The van der Waals surface area contributed by atoms with Crippen LogP contribution in [0.15, 0.2) is 59.1 Å². The number of hydrogen-bond donors (Lipinski definition) is 2. The van der Waals surface area contributed by atoms with Crippen LogP contribution in [0.3, 0.4) is 0 Å². The second-order valence-corrected chi connectivity index (χ2v) is 8.46. The van der Waals surface area contributed by atoms with E-state index in [1.165, 1.54) is 5.56 Å². The van der Waals surface area contributed by atoms with Crippen LogP contribution in [-0.4, -0.2) is 5.78 Å². The maximum absolute atomic E-state index is 13.0. The molecule has 0 saturated heterocycles. The van der Waals surface area contributed by atoms with Gasteiger partial charge in [0.05, 0.1) is 16.4 Å². The first-order valence-electron chi connectivity index (χ1n) is 9.65. The molecule has 0 aliphatic rings. The molecule has 150 valence electrons. The molecule has 0 atom stereocenters. The number of halogens is 2. The van der Waals surface area contributed by atoms with Crippen molar-refractivity contribution in [2.45, 2.75) is 33.1 Å². The zero-order valence-corrected chi connectivity index (χ0v) is 18.9.